The standard InChI is InChI=1S/C16H18N4O4S/c1-4-13-14(25-20-19-13)16(23)24-9(2)15(22)18-12-7-5-11(6-8-12)17-10(3)21/h5-9H,4H2,1-3H3,(H,17,21)(H,18,22)/t9-/m1/s1. The van der Waals surface area contributed by atoms with Crippen LogP contribution in [0.5, 0.6) is 0 Å². The maximum Gasteiger partial charge on any atom is 0.352 e. The van der Waals surface area contributed by atoms with Gasteiger partial charge in [-0.2, -0.15) is 0 Å². The van der Waals surface area contributed by atoms with E-state index in [1.165, 1.54) is 13.8 Å². The van der Waals surface area contributed by atoms with Crippen LogP contribution in [0, 0.1) is 0 Å². The molecule has 0 saturated heterocycles. The number of aromatic nitrogens is 2. The second-order valence-electron chi connectivity index (χ2n) is 5.20. The zero-order valence-electron chi connectivity index (χ0n) is 14.0. The number of nitrogens with one attached hydrogen (secondary N) is 2. The number of carbonyl (C=O) groups is 3. The first kappa shape index (κ1) is 18.5. The Morgan fingerprint density at radius 3 is 2.32 bits per heavy atom. The Balaban J connectivity index is 1.93. The lowest BCUT2D eigenvalue weighted by Gasteiger charge is -2.13. The van der Waals surface area contributed by atoms with Crippen LogP contribution in [0.4, 0.5) is 11.4 Å². The Labute approximate surface area is 148 Å². The average Bonchev–Trinajstić information content (AvgIpc) is 3.04. The summed E-state index contributed by atoms with van der Waals surface area (Å²) in [5.74, 6) is -1.26. The predicted molar refractivity (Wildman–Crippen MR) is 93.5 cm³/mol. The molecule has 1 atom stereocenters. The van der Waals surface area contributed by atoms with Gasteiger partial charge in [-0.15, -0.1) is 5.10 Å². The second kappa shape index (κ2) is 8.34. The molecular formula is C16H18N4O4S. The molecule has 2 rings (SSSR count). The zero-order chi connectivity index (χ0) is 18.4. The van der Waals surface area contributed by atoms with Gasteiger partial charge in [-0.3, -0.25) is 9.59 Å². The van der Waals surface area contributed by atoms with E-state index in [0.29, 0.717) is 28.4 Å². The van der Waals surface area contributed by atoms with Crippen molar-refractivity contribution in [3.63, 3.8) is 0 Å². The zero-order valence-corrected chi connectivity index (χ0v) is 14.8. The van der Waals surface area contributed by atoms with Crippen molar-refractivity contribution in [3.8, 4) is 0 Å². The molecule has 0 spiro atoms. The summed E-state index contributed by atoms with van der Waals surface area (Å²) in [7, 11) is 0. The van der Waals surface area contributed by atoms with Gasteiger partial charge in [0.1, 0.15) is 0 Å². The third-order valence-corrected chi connectivity index (χ3v) is 3.95. The number of amides is 2. The van der Waals surface area contributed by atoms with Gasteiger partial charge in [0.2, 0.25) is 5.91 Å². The highest BCUT2D eigenvalue weighted by atomic mass is 32.1. The summed E-state index contributed by atoms with van der Waals surface area (Å²) in [4.78, 5) is 35.5. The van der Waals surface area contributed by atoms with Crippen LogP contribution in [0.15, 0.2) is 24.3 Å². The van der Waals surface area contributed by atoms with Crippen LogP contribution in [0.25, 0.3) is 0 Å². The number of anilines is 2. The van der Waals surface area contributed by atoms with Crippen molar-refractivity contribution in [2.75, 3.05) is 10.6 Å². The van der Waals surface area contributed by atoms with Gasteiger partial charge in [-0.1, -0.05) is 11.4 Å². The van der Waals surface area contributed by atoms with Crippen LogP contribution in [0.1, 0.15) is 36.1 Å². The van der Waals surface area contributed by atoms with Crippen molar-refractivity contribution in [2.24, 2.45) is 0 Å². The predicted octanol–water partition coefficient (Wildman–Crippen LogP) is 2.24. The lowest BCUT2D eigenvalue weighted by molar-refractivity contribution is -0.123. The number of carbonyl (C=O) groups excluding carboxylic acids is 3. The number of esters is 1. The Morgan fingerprint density at radius 2 is 1.76 bits per heavy atom. The minimum Gasteiger partial charge on any atom is -0.448 e. The van der Waals surface area contributed by atoms with Crippen molar-refractivity contribution in [1.29, 1.82) is 0 Å². The monoisotopic (exact) mass is 362 g/mol. The summed E-state index contributed by atoms with van der Waals surface area (Å²) < 4.78 is 8.89. The second-order valence-corrected chi connectivity index (χ2v) is 5.95. The molecule has 0 bridgehead atoms. The molecule has 0 fully saturated rings. The van der Waals surface area contributed by atoms with Gasteiger partial charge in [-0.25, -0.2) is 4.79 Å². The number of benzene rings is 1. The molecular weight excluding hydrogens is 344 g/mol. The maximum atomic E-state index is 12.1. The van der Waals surface area contributed by atoms with Crippen molar-refractivity contribution in [3.05, 3.63) is 34.8 Å². The first-order chi connectivity index (χ1) is 11.9. The van der Waals surface area contributed by atoms with Crippen LogP contribution in [0.3, 0.4) is 0 Å². The van der Waals surface area contributed by atoms with E-state index < -0.39 is 18.0 Å². The van der Waals surface area contributed by atoms with Crippen LogP contribution in [-0.2, 0) is 20.7 Å². The maximum absolute atomic E-state index is 12.1. The third-order valence-electron chi connectivity index (χ3n) is 3.20. The lowest BCUT2D eigenvalue weighted by Crippen LogP contribution is -2.30. The third kappa shape index (κ3) is 5.08. The van der Waals surface area contributed by atoms with Crippen molar-refractivity contribution in [2.45, 2.75) is 33.3 Å². The molecule has 0 saturated carbocycles. The van der Waals surface area contributed by atoms with Crippen LogP contribution >= 0.6 is 11.5 Å². The molecule has 2 aromatic rings. The van der Waals surface area contributed by atoms with E-state index in [4.69, 9.17) is 4.74 Å². The van der Waals surface area contributed by atoms with E-state index in [9.17, 15) is 14.4 Å². The molecule has 25 heavy (non-hydrogen) atoms. The molecule has 0 aliphatic carbocycles. The summed E-state index contributed by atoms with van der Waals surface area (Å²) >= 11 is 0.944. The molecule has 1 heterocycles. The van der Waals surface area contributed by atoms with Gasteiger partial charge < -0.3 is 15.4 Å². The Hall–Kier alpha value is -2.81. The summed E-state index contributed by atoms with van der Waals surface area (Å²) in [6, 6.07) is 6.59. The highest BCUT2D eigenvalue weighted by Crippen LogP contribution is 2.16. The molecule has 2 N–H and O–H groups in total. The Morgan fingerprint density at radius 1 is 1.16 bits per heavy atom. The van der Waals surface area contributed by atoms with Gasteiger partial charge in [0.25, 0.3) is 5.91 Å². The number of rotatable bonds is 6. The van der Waals surface area contributed by atoms with Gasteiger partial charge in [-0.05, 0) is 49.1 Å². The highest BCUT2D eigenvalue weighted by Gasteiger charge is 2.23. The summed E-state index contributed by atoms with van der Waals surface area (Å²) in [6.45, 7) is 4.75. The smallest absolute Gasteiger partial charge is 0.352 e. The van der Waals surface area contributed by atoms with E-state index in [2.05, 4.69) is 20.2 Å². The number of aryl methyl sites for hydroxylation is 1. The minimum atomic E-state index is -0.977. The lowest BCUT2D eigenvalue weighted by atomic mass is 10.2. The molecule has 2 amide bonds. The molecule has 8 nitrogen and oxygen atoms in total. The van der Waals surface area contributed by atoms with Gasteiger partial charge in [0.05, 0.1) is 5.69 Å². The number of hydrogen-bond donors (Lipinski definition) is 2. The first-order valence-electron chi connectivity index (χ1n) is 7.61. The number of hydrogen-bond acceptors (Lipinski definition) is 7. The van der Waals surface area contributed by atoms with Crippen molar-refractivity contribution >= 4 is 40.7 Å². The molecule has 0 unspecified atom stereocenters. The summed E-state index contributed by atoms with van der Waals surface area (Å²) in [6.07, 6.45) is -0.420. The molecule has 0 aliphatic heterocycles. The largest absolute Gasteiger partial charge is 0.448 e. The van der Waals surface area contributed by atoms with Crippen LogP contribution in [0.2, 0.25) is 0 Å². The topological polar surface area (TPSA) is 110 Å². The van der Waals surface area contributed by atoms with Gasteiger partial charge >= 0.3 is 5.97 Å². The summed E-state index contributed by atoms with van der Waals surface area (Å²) in [5.41, 5.74) is 1.70. The molecule has 132 valence electrons. The molecule has 9 heteroatoms. The molecule has 0 aliphatic rings. The Bertz CT molecular complexity index is 773. The fourth-order valence-electron chi connectivity index (χ4n) is 1.95. The van der Waals surface area contributed by atoms with Gasteiger partial charge in [0.15, 0.2) is 11.0 Å². The van der Waals surface area contributed by atoms with E-state index in [0.717, 1.165) is 11.5 Å². The van der Waals surface area contributed by atoms with Gasteiger partial charge in [0, 0.05) is 18.3 Å². The van der Waals surface area contributed by atoms with Crippen molar-refractivity contribution < 1.29 is 19.1 Å². The highest BCUT2D eigenvalue weighted by molar-refractivity contribution is 7.07. The summed E-state index contributed by atoms with van der Waals surface area (Å²) in [5, 5.41) is 9.12. The van der Waals surface area contributed by atoms with E-state index >= 15 is 0 Å². The minimum absolute atomic E-state index is 0.179. The van der Waals surface area contributed by atoms with E-state index in [1.807, 2.05) is 6.92 Å². The molecule has 1 aromatic heterocycles. The van der Waals surface area contributed by atoms with E-state index in [1.54, 1.807) is 24.3 Å². The Kier molecular flexibility index (Phi) is 6.18. The average molecular weight is 362 g/mol. The fourth-order valence-corrected chi connectivity index (χ4v) is 2.58. The first-order valence-corrected chi connectivity index (χ1v) is 8.38. The quantitative estimate of drug-likeness (QED) is 0.763. The number of nitrogens with zero attached hydrogens (tertiary/aromatic N) is 2. The number of ether oxygens (including phenoxy) is 1. The normalized spacial score (nSPS) is 11.5. The van der Waals surface area contributed by atoms with Crippen LogP contribution in [-0.4, -0.2) is 33.5 Å². The van der Waals surface area contributed by atoms with Crippen molar-refractivity contribution in [1.82, 2.24) is 9.59 Å². The molecule has 0 radical (unpaired) electrons. The van der Waals surface area contributed by atoms with Crippen LogP contribution < -0.4 is 10.6 Å². The SMILES string of the molecule is CCc1nnsc1C(=O)O[C@H](C)C(=O)Nc1ccc(NC(C)=O)cc1. The fraction of sp³-hybridized carbons (Fsp3) is 0.312. The molecule has 1 aromatic carbocycles. The van der Waals surface area contributed by atoms with E-state index in [-0.39, 0.29) is 5.91 Å².